The van der Waals surface area contributed by atoms with Gasteiger partial charge in [0.15, 0.2) is 0 Å². The van der Waals surface area contributed by atoms with Gasteiger partial charge in [0.1, 0.15) is 5.69 Å². The highest BCUT2D eigenvalue weighted by Gasteiger charge is 2.35. The van der Waals surface area contributed by atoms with E-state index >= 15 is 0 Å². The Morgan fingerprint density at radius 1 is 1.54 bits per heavy atom. The molecule has 1 N–H and O–H groups in total. The molecule has 128 valence electrons. The topological polar surface area (TPSA) is 150 Å². The molecule has 0 bridgehead atoms. The van der Waals surface area contributed by atoms with Crippen molar-refractivity contribution in [3.63, 3.8) is 0 Å². The van der Waals surface area contributed by atoms with Crippen LogP contribution in [0.25, 0.3) is 10.4 Å². The van der Waals surface area contributed by atoms with Crippen molar-refractivity contribution >= 4 is 23.3 Å². The van der Waals surface area contributed by atoms with E-state index in [1.807, 2.05) is 13.8 Å². The third-order valence-electron chi connectivity index (χ3n) is 3.36. The van der Waals surface area contributed by atoms with Crippen molar-refractivity contribution in [3.05, 3.63) is 44.3 Å². The monoisotopic (exact) mass is 335 g/mol. The van der Waals surface area contributed by atoms with Crippen LogP contribution in [0.15, 0.2) is 23.3 Å². The first-order chi connectivity index (χ1) is 11.5. The number of hydrogen-bond acceptors (Lipinski definition) is 5. The zero-order chi connectivity index (χ0) is 18.3. The number of carboxylic acids is 1. The van der Waals surface area contributed by atoms with Gasteiger partial charge in [-0.3, -0.25) is 14.9 Å². The van der Waals surface area contributed by atoms with E-state index in [9.17, 15) is 19.7 Å². The number of rotatable bonds is 5. The summed E-state index contributed by atoms with van der Waals surface area (Å²) in [6.45, 7) is 4.00. The third kappa shape index (κ3) is 3.99. The highest BCUT2D eigenvalue weighted by atomic mass is 16.6. The average Bonchev–Trinajstić information content (AvgIpc) is 2.94. The van der Waals surface area contributed by atoms with E-state index < -0.39 is 22.6 Å². The Balaban J connectivity index is 0.00000139. The number of nitro benzene ring substituents is 1. The van der Waals surface area contributed by atoms with Crippen LogP contribution in [-0.2, 0) is 4.79 Å². The Hall–Kier alpha value is -3.13. The van der Waals surface area contributed by atoms with Crippen molar-refractivity contribution in [2.75, 3.05) is 11.4 Å². The number of nitrogens with zero attached hydrogens (tertiary/aromatic N) is 5. The molecule has 0 aliphatic carbocycles. The number of aromatic carboxylic acids is 1. The van der Waals surface area contributed by atoms with E-state index in [2.05, 4.69) is 10.0 Å². The lowest BCUT2D eigenvalue weighted by molar-refractivity contribution is -0.384. The smallest absolute Gasteiger partial charge is 0.335 e. The molecule has 0 spiro atoms. The highest BCUT2D eigenvalue weighted by molar-refractivity contribution is 5.99. The Bertz CT molecular complexity index is 699. The molecular weight excluding hydrogens is 318 g/mol. The number of nitro groups is 1. The van der Waals surface area contributed by atoms with Crippen molar-refractivity contribution in [2.45, 2.75) is 32.7 Å². The van der Waals surface area contributed by atoms with Crippen LogP contribution in [0.5, 0.6) is 0 Å². The van der Waals surface area contributed by atoms with Crippen LogP contribution in [-0.4, -0.2) is 34.5 Å². The lowest BCUT2D eigenvalue weighted by Gasteiger charge is -2.23. The summed E-state index contributed by atoms with van der Waals surface area (Å²) in [5.74, 6) is -1.63. The molecule has 2 rings (SSSR count). The molecule has 1 heterocycles. The molecule has 1 aromatic rings. The second kappa shape index (κ2) is 8.49. The molecular formula is C14H17N5O5. The van der Waals surface area contributed by atoms with E-state index in [0.29, 0.717) is 6.42 Å². The normalized spacial score (nSPS) is 16.0. The van der Waals surface area contributed by atoms with Gasteiger partial charge in [0.05, 0.1) is 10.5 Å². The number of hydrogen-bond donors (Lipinski definition) is 1. The summed E-state index contributed by atoms with van der Waals surface area (Å²) in [6, 6.07) is 2.86. The molecule has 0 aromatic heterocycles. The van der Waals surface area contributed by atoms with E-state index in [1.54, 1.807) is 0 Å². The lowest BCUT2D eigenvalue weighted by atomic mass is 10.1. The molecule has 0 radical (unpaired) electrons. The predicted octanol–water partition coefficient (Wildman–Crippen LogP) is 3.12. The third-order valence-corrected chi connectivity index (χ3v) is 3.36. The zero-order valence-electron chi connectivity index (χ0n) is 13.2. The van der Waals surface area contributed by atoms with Gasteiger partial charge in [-0.2, -0.15) is 0 Å². The molecule has 1 amide bonds. The van der Waals surface area contributed by atoms with Crippen LogP contribution < -0.4 is 4.90 Å². The minimum atomic E-state index is -1.30. The van der Waals surface area contributed by atoms with Gasteiger partial charge in [-0.25, -0.2) is 4.79 Å². The standard InChI is InChI=1S/C12H11N5O5.C2H6/c13-15-14-6-8-2-4-11(18)16(8)9-3-1-7(12(19)20)5-10(9)17(21)22;1-2/h1,3,5,8H,2,4,6H2,(H,19,20);1-2H3. The predicted molar refractivity (Wildman–Crippen MR) is 85.9 cm³/mol. The van der Waals surface area contributed by atoms with E-state index in [4.69, 9.17) is 10.6 Å². The number of azide groups is 1. The van der Waals surface area contributed by atoms with E-state index in [0.717, 1.165) is 6.07 Å². The van der Waals surface area contributed by atoms with Crippen LogP contribution in [0.3, 0.4) is 0 Å². The van der Waals surface area contributed by atoms with Gasteiger partial charge < -0.3 is 10.0 Å². The Morgan fingerprint density at radius 2 is 2.21 bits per heavy atom. The highest BCUT2D eigenvalue weighted by Crippen LogP contribution is 2.35. The maximum absolute atomic E-state index is 12.0. The molecule has 1 saturated heterocycles. The van der Waals surface area contributed by atoms with Crippen molar-refractivity contribution in [1.82, 2.24) is 0 Å². The minimum absolute atomic E-state index is 0.0000757. The average molecular weight is 335 g/mol. The first-order valence-electron chi connectivity index (χ1n) is 7.30. The summed E-state index contributed by atoms with van der Waals surface area (Å²) in [7, 11) is 0. The molecule has 1 aliphatic rings. The molecule has 24 heavy (non-hydrogen) atoms. The van der Waals surface area contributed by atoms with Gasteiger partial charge in [0.2, 0.25) is 5.91 Å². The number of carbonyl (C=O) groups is 2. The van der Waals surface area contributed by atoms with Crippen LogP contribution in [0.2, 0.25) is 0 Å². The van der Waals surface area contributed by atoms with Gasteiger partial charge >= 0.3 is 5.97 Å². The van der Waals surface area contributed by atoms with E-state index in [1.165, 1.54) is 17.0 Å². The molecule has 1 unspecified atom stereocenters. The van der Waals surface area contributed by atoms with Gasteiger partial charge in [0.25, 0.3) is 5.69 Å². The Labute approximate surface area is 137 Å². The summed E-state index contributed by atoms with van der Waals surface area (Å²) in [4.78, 5) is 37.2. The van der Waals surface area contributed by atoms with Crippen molar-refractivity contribution < 1.29 is 19.6 Å². The Morgan fingerprint density at radius 3 is 2.75 bits per heavy atom. The van der Waals surface area contributed by atoms with Crippen LogP contribution in [0.1, 0.15) is 37.0 Å². The fourth-order valence-corrected chi connectivity index (χ4v) is 2.38. The van der Waals surface area contributed by atoms with Crippen LogP contribution in [0.4, 0.5) is 11.4 Å². The van der Waals surface area contributed by atoms with Gasteiger partial charge in [0, 0.05) is 30.0 Å². The molecule has 1 aliphatic heterocycles. The van der Waals surface area contributed by atoms with Crippen LogP contribution in [0, 0.1) is 10.1 Å². The summed E-state index contributed by atoms with van der Waals surface area (Å²) in [5.41, 5.74) is 7.67. The van der Waals surface area contributed by atoms with Gasteiger partial charge in [-0.05, 0) is 24.1 Å². The summed E-state index contributed by atoms with van der Waals surface area (Å²) < 4.78 is 0. The summed E-state index contributed by atoms with van der Waals surface area (Å²) in [5, 5.41) is 23.5. The summed E-state index contributed by atoms with van der Waals surface area (Å²) >= 11 is 0. The zero-order valence-corrected chi connectivity index (χ0v) is 13.2. The molecule has 1 atom stereocenters. The van der Waals surface area contributed by atoms with E-state index in [-0.39, 0.29) is 30.1 Å². The Kier molecular flexibility index (Phi) is 6.69. The maximum Gasteiger partial charge on any atom is 0.335 e. The SMILES string of the molecule is CC.[N-]=[N+]=NCC1CCC(=O)N1c1ccc(C(=O)O)cc1[N+](=O)[O-]. The maximum atomic E-state index is 12.0. The second-order valence-corrected chi connectivity index (χ2v) is 4.64. The quantitative estimate of drug-likeness (QED) is 0.288. The number of anilines is 1. The number of carboxylic acid groups (broad SMARTS) is 1. The number of benzene rings is 1. The number of carbonyl (C=O) groups excluding carboxylic acids is 1. The van der Waals surface area contributed by atoms with Gasteiger partial charge in [-0.1, -0.05) is 19.0 Å². The lowest BCUT2D eigenvalue weighted by Crippen LogP contribution is -2.35. The molecule has 10 heteroatoms. The van der Waals surface area contributed by atoms with Gasteiger partial charge in [-0.15, -0.1) is 0 Å². The van der Waals surface area contributed by atoms with Crippen molar-refractivity contribution in [2.24, 2.45) is 5.11 Å². The fraction of sp³-hybridized carbons (Fsp3) is 0.429. The molecule has 1 aromatic carbocycles. The second-order valence-electron chi connectivity index (χ2n) is 4.64. The fourth-order valence-electron chi connectivity index (χ4n) is 2.38. The molecule has 10 nitrogen and oxygen atoms in total. The first kappa shape index (κ1) is 18.9. The number of amides is 1. The first-order valence-corrected chi connectivity index (χ1v) is 7.30. The molecule has 0 saturated carbocycles. The molecule has 1 fully saturated rings. The largest absolute Gasteiger partial charge is 0.478 e. The summed E-state index contributed by atoms with van der Waals surface area (Å²) in [6.07, 6.45) is 0.596. The van der Waals surface area contributed by atoms with Crippen LogP contribution >= 0.6 is 0 Å². The minimum Gasteiger partial charge on any atom is -0.478 e. The van der Waals surface area contributed by atoms with Crippen molar-refractivity contribution in [3.8, 4) is 0 Å². The van der Waals surface area contributed by atoms with Crippen molar-refractivity contribution in [1.29, 1.82) is 0 Å².